The second-order valence-corrected chi connectivity index (χ2v) is 8.56. The zero-order valence-electron chi connectivity index (χ0n) is 17.9. The zero-order valence-corrected chi connectivity index (χ0v) is 18.7. The number of phenolic OH excluding ortho intramolecular Hbond substituents is 1. The van der Waals surface area contributed by atoms with Gasteiger partial charge in [-0.3, -0.25) is 4.79 Å². The molecule has 0 fully saturated rings. The van der Waals surface area contributed by atoms with Crippen molar-refractivity contribution in [2.45, 2.75) is 26.2 Å². The van der Waals surface area contributed by atoms with Gasteiger partial charge in [0.05, 0.1) is 29.6 Å². The van der Waals surface area contributed by atoms with Gasteiger partial charge < -0.3 is 19.9 Å². The fourth-order valence-electron chi connectivity index (χ4n) is 4.12. The highest BCUT2D eigenvalue weighted by Crippen LogP contribution is 2.43. The van der Waals surface area contributed by atoms with E-state index in [9.17, 15) is 9.90 Å². The molecule has 3 heterocycles. The number of nitrogens with one attached hydrogen (secondary N) is 1. The second-order valence-electron chi connectivity index (χ2n) is 7.55. The summed E-state index contributed by atoms with van der Waals surface area (Å²) in [6.07, 6.45) is 0.283. The van der Waals surface area contributed by atoms with Gasteiger partial charge in [-0.2, -0.15) is 9.78 Å². The van der Waals surface area contributed by atoms with E-state index >= 15 is 0 Å². The van der Waals surface area contributed by atoms with Gasteiger partial charge in [-0.15, -0.1) is 0 Å². The van der Waals surface area contributed by atoms with Crippen molar-refractivity contribution in [3.05, 3.63) is 53.2 Å². The summed E-state index contributed by atoms with van der Waals surface area (Å²) in [7, 11) is 1.51. The Morgan fingerprint density at radius 2 is 2.12 bits per heavy atom. The number of aromatic nitrogens is 3. The van der Waals surface area contributed by atoms with Crippen LogP contribution in [0.25, 0.3) is 15.3 Å². The number of phenols is 1. The average Bonchev–Trinajstić information content (AvgIpc) is 3.34. The molecule has 4 aromatic rings. The van der Waals surface area contributed by atoms with Crippen LogP contribution < -0.4 is 14.8 Å². The highest BCUT2D eigenvalue weighted by molar-refractivity contribution is 7.20. The molecule has 164 valence electrons. The number of anilines is 1. The SMILES string of the molecule is CCOc1ccc2nc(-n3nc(C)c4c3NC(=O)CC4c3ccc(O)c(OC)c3)sc2c1. The molecule has 32 heavy (non-hydrogen) atoms. The Bertz CT molecular complexity index is 1340. The predicted molar refractivity (Wildman–Crippen MR) is 122 cm³/mol. The number of aryl methyl sites for hydroxylation is 1. The van der Waals surface area contributed by atoms with Crippen molar-refractivity contribution in [1.29, 1.82) is 0 Å². The number of benzene rings is 2. The van der Waals surface area contributed by atoms with Crippen LogP contribution in [0.2, 0.25) is 0 Å². The summed E-state index contributed by atoms with van der Waals surface area (Å²) < 4.78 is 13.6. The van der Waals surface area contributed by atoms with E-state index in [-0.39, 0.29) is 24.0 Å². The van der Waals surface area contributed by atoms with E-state index in [2.05, 4.69) is 5.32 Å². The number of thiazole rings is 1. The molecule has 0 saturated carbocycles. The summed E-state index contributed by atoms with van der Waals surface area (Å²) in [4.78, 5) is 17.4. The van der Waals surface area contributed by atoms with Gasteiger partial charge in [0.25, 0.3) is 0 Å². The summed E-state index contributed by atoms with van der Waals surface area (Å²) >= 11 is 1.49. The molecule has 0 saturated heterocycles. The van der Waals surface area contributed by atoms with Crippen molar-refractivity contribution in [3.8, 4) is 22.4 Å². The van der Waals surface area contributed by atoms with E-state index in [0.29, 0.717) is 23.3 Å². The number of nitrogens with zero attached hydrogens (tertiary/aromatic N) is 3. The van der Waals surface area contributed by atoms with Gasteiger partial charge in [0.15, 0.2) is 11.5 Å². The fourth-order valence-corrected chi connectivity index (χ4v) is 5.07. The first-order chi connectivity index (χ1) is 15.5. The molecule has 1 unspecified atom stereocenters. The van der Waals surface area contributed by atoms with E-state index in [1.54, 1.807) is 16.8 Å². The zero-order chi connectivity index (χ0) is 22.4. The second kappa shape index (κ2) is 7.83. The number of rotatable bonds is 5. The summed E-state index contributed by atoms with van der Waals surface area (Å²) in [5, 5.41) is 18.4. The minimum Gasteiger partial charge on any atom is -0.504 e. The minimum absolute atomic E-state index is 0.0602. The van der Waals surface area contributed by atoms with Gasteiger partial charge in [0.1, 0.15) is 11.6 Å². The molecule has 2 N–H and O–H groups in total. The Hall–Kier alpha value is -3.59. The first-order valence-electron chi connectivity index (χ1n) is 10.3. The van der Waals surface area contributed by atoms with Crippen LogP contribution in [0.1, 0.15) is 36.1 Å². The molecule has 2 aromatic heterocycles. The molecule has 0 radical (unpaired) electrons. The minimum atomic E-state index is -0.207. The molecule has 5 rings (SSSR count). The number of amides is 1. The van der Waals surface area contributed by atoms with Crippen molar-refractivity contribution in [1.82, 2.24) is 14.8 Å². The summed E-state index contributed by atoms with van der Waals surface area (Å²) in [6.45, 7) is 4.47. The van der Waals surface area contributed by atoms with Crippen LogP contribution >= 0.6 is 11.3 Å². The van der Waals surface area contributed by atoms with Crippen LogP contribution in [-0.2, 0) is 4.79 Å². The molecule has 1 aliphatic heterocycles. The van der Waals surface area contributed by atoms with Gasteiger partial charge in [-0.05, 0) is 49.7 Å². The number of hydrogen-bond donors (Lipinski definition) is 2. The lowest BCUT2D eigenvalue weighted by Crippen LogP contribution is -2.24. The number of aromatic hydroxyl groups is 1. The van der Waals surface area contributed by atoms with Crippen LogP contribution in [0.4, 0.5) is 5.82 Å². The van der Waals surface area contributed by atoms with Gasteiger partial charge in [-0.25, -0.2) is 4.98 Å². The predicted octanol–water partition coefficient (Wildman–Crippen LogP) is 4.38. The summed E-state index contributed by atoms with van der Waals surface area (Å²) in [6, 6.07) is 11.0. The van der Waals surface area contributed by atoms with Gasteiger partial charge in [-0.1, -0.05) is 17.4 Å². The molecular formula is C23H22N4O4S. The quantitative estimate of drug-likeness (QED) is 0.468. The highest BCUT2D eigenvalue weighted by atomic mass is 32.1. The Kier molecular flexibility index (Phi) is 4.97. The maximum absolute atomic E-state index is 12.6. The third-order valence-electron chi connectivity index (χ3n) is 5.55. The maximum atomic E-state index is 12.6. The number of ether oxygens (including phenoxy) is 2. The normalized spacial score (nSPS) is 15.5. The van der Waals surface area contributed by atoms with Crippen LogP contribution in [0.15, 0.2) is 36.4 Å². The lowest BCUT2D eigenvalue weighted by molar-refractivity contribution is -0.116. The van der Waals surface area contributed by atoms with Crippen molar-refractivity contribution in [3.63, 3.8) is 0 Å². The maximum Gasteiger partial charge on any atom is 0.226 e. The molecule has 9 heteroatoms. The van der Waals surface area contributed by atoms with Gasteiger partial charge in [0.2, 0.25) is 11.0 Å². The first-order valence-corrected chi connectivity index (χ1v) is 11.1. The van der Waals surface area contributed by atoms with E-state index < -0.39 is 0 Å². The average molecular weight is 451 g/mol. The third kappa shape index (κ3) is 3.34. The molecule has 8 nitrogen and oxygen atoms in total. The summed E-state index contributed by atoms with van der Waals surface area (Å²) in [5.74, 6) is 1.54. The molecular weight excluding hydrogens is 428 g/mol. The van der Waals surface area contributed by atoms with E-state index in [1.165, 1.54) is 18.4 Å². The van der Waals surface area contributed by atoms with E-state index in [4.69, 9.17) is 19.6 Å². The Balaban J connectivity index is 1.61. The molecule has 1 amide bonds. The van der Waals surface area contributed by atoms with Crippen LogP contribution in [0.5, 0.6) is 17.2 Å². The largest absolute Gasteiger partial charge is 0.504 e. The Morgan fingerprint density at radius 1 is 1.28 bits per heavy atom. The van der Waals surface area contributed by atoms with Crippen LogP contribution in [0.3, 0.4) is 0 Å². The smallest absolute Gasteiger partial charge is 0.226 e. The third-order valence-corrected chi connectivity index (χ3v) is 6.54. The molecule has 1 aliphatic rings. The lowest BCUT2D eigenvalue weighted by Gasteiger charge is -2.24. The Morgan fingerprint density at radius 3 is 2.91 bits per heavy atom. The number of methoxy groups -OCH3 is 1. The number of hydrogen-bond acceptors (Lipinski definition) is 7. The van der Waals surface area contributed by atoms with Crippen molar-refractivity contribution < 1.29 is 19.4 Å². The van der Waals surface area contributed by atoms with Crippen LogP contribution in [-0.4, -0.2) is 39.5 Å². The van der Waals surface area contributed by atoms with Gasteiger partial charge >= 0.3 is 0 Å². The molecule has 0 bridgehead atoms. The van der Waals surface area contributed by atoms with Crippen molar-refractivity contribution >= 4 is 33.3 Å². The molecule has 1 atom stereocenters. The van der Waals surface area contributed by atoms with Crippen molar-refractivity contribution in [2.75, 3.05) is 19.0 Å². The van der Waals surface area contributed by atoms with E-state index in [0.717, 1.165) is 32.8 Å². The number of fused-ring (bicyclic) bond motifs is 2. The van der Waals surface area contributed by atoms with Crippen molar-refractivity contribution in [2.24, 2.45) is 0 Å². The molecule has 0 aliphatic carbocycles. The number of carbonyl (C=O) groups is 1. The first kappa shape index (κ1) is 20.3. The Labute approximate surface area is 188 Å². The monoisotopic (exact) mass is 450 g/mol. The topological polar surface area (TPSA) is 98.5 Å². The van der Waals surface area contributed by atoms with E-state index in [1.807, 2.05) is 38.1 Å². The van der Waals surface area contributed by atoms with Crippen LogP contribution in [0, 0.1) is 6.92 Å². The van der Waals surface area contributed by atoms with Gasteiger partial charge in [0, 0.05) is 17.9 Å². The standard InChI is InChI=1S/C23H22N4O4S/c1-4-31-14-6-7-16-19(10-14)32-23(24-16)27-22-21(12(2)26-27)15(11-20(29)25-22)13-5-8-17(28)18(9-13)30-3/h5-10,15,28H,4,11H2,1-3H3,(H,25,29). The number of carbonyl (C=O) groups excluding carboxylic acids is 1. The molecule has 0 spiro atoms. The highest BCUT2D eigenvalue weighted by Gasteiger charge is 2.33. The lowest BCUT2D eigenvalue weighted by atomic mass is 9.85. The fraction of sp³-hybridized carbons (Fsp3) is 0.261. The summed E-state index contributed by atoms with van der Waals surface area (Å²) in [5.41, 5.74) is 3.47. The molecule has 2 aromatic carbocycles.